The van der Waals surface area contributed by atoms with Crippen molar-refractivity contribution in [1.29, 1.82) is 0 Å². The van der Waals surface area contributed by atoms with Crippen LogP contribution < -0.4 is 5.32 Å². The Morgan fingerprint density at radius 2 is 1.72 bits per heavy atom. The molecule has 1 amide bonds. The van der Waals surface area contributed by atoms with Crippen LogP contribution in [0.5, 0.6) is 0 Å². The molecule has 3 aromatic rings. The molecule has 0 aliphatic carbocycles. The molecule has 1 aromatic heterocycles. The minimum atomic E-state index is -4.61. The summed E-state index contributed by atoms with van der Waals surface area (Å²) in [6.07, 6.45) is -4.61. The Balaban J connectivity index is 1.86. The van der Waals surface area contributed by atoms with Gasteiger partial charge in [-0.25, -0.2) is 0 Å². The van der Waals surface area contributed by atoms with Gasteiger partial charge in [-0.2, -0.15) is 13.2 Å². The number of aromatic nitrogens is 2. The fraction of sp³-hybridized carbons (Fsp3) is 0.0625. The molecular weight excluding hydrogens is 359 g/mol. The van der Waals surface area contributed by atoms with Crippen LogP contribution in [-0.4, -0.2) is 16.1 Å². The maximum absolute atomic E-state index is 13.0. The summed E-state index contributed by atoms with van der Waals surface area (Å²) in [5.74, 6) is -1.45. The van der Waals surface area contributed by atoms with Crippen LogP contribution in [0.2, 0.25) is 5.02 Å². The fourth-order valence-corrected chi connectivity index (χ4v) is 2.29. The largest absolute Gasteiger partial charge is 0.418 e. The van der Waals surface area contributed by atoms with E-state index in [0.717, 1.165) is 12.1 Å². The maximum atomic E-state index is 13.0. The van der Waals surface area contributed by atoms with E-state index < -0.39 is 29.2 Å². The van der Waals surface area contributed by atoms with Crippen molar-refractivity contribution >= 4 is 23.2 Å². The molecule has 3 rings (SSSR count). The normalized spacial score (nSPS) is 11.4. The molecule has 0 fully saturated rings. The van der Waals surface area contributed by atoms with E-state index in [4.69, 9.17) is 16.0 Å². The molecule has 0 radical (unpaired) electrons. The highest BCUT2D eigenvalue weighted by atomic mass is 35.5. The smallest absolute Gasteiger partial charge is 0.412 e. The van der Waals surface area contributed by atoms with Crippen LogP contribution in [-0.2, 0) is 6.18 Å². The quantitative estimate of drug-likeness (QED) is 0.731. The van der Waals surface area contributed by atoms with Crippen LogP contribution in [0.3, 0.4) is 0 Å². The molecule has 0 unspecified atom stereocenters. The third-order valence-electron chi connectivity index (χ3n) is 3.20. The third kappa shape index (κ3) is 3.63. The van der Waals surface area contributed by atoms with E-state index in [1.807, 2.05) is 0 Å². The molecule has 1 N–H and O–H groups in total. The first kappa shape index (κ1) is 17.0. The van der Waals surface area contributed by atoms with E-state index in [-0.39, 0.29) is 5.89 Å². The van der Waals surface area contributed by atoms with Gasteiger partial charge >= 0.3 is 18.0 Å². The zero-order chi connectivity index (χ0) is 18.0. The number of amides is 1. The van der Waals surface area contributed by atoms with Gasteiger partial charge in [0.15, 0.2) is 0 Å². The average Bonchev–Trinajstić information content (AvgIpc) is 3.04. The summed E-state index contributed by atoms with van der Waals surface area (Å²) in [6, 6.07) is 11.2. The van der Waals surface area contributed by atoms with E-state index >= 15 is 0 Å². The Hall–Kier alpha value is -2.87. The van der Waals surface area contributed by atoms with Crippen molar-refractivity contribution in [3.63, 3.8) is 0 Å². The molecule has 0 aliphatic rings. The Morgan fingerprint density at radius 1 is 1.04 bits per heavy atom. The number of rotatable bonds is 3. The summed E-state index contributed by atoms with van der Waals surface area (Å²) in [7, 11) is 0. The van der Waals surface area contributed by atoms with Gasteiger partial charge in [-0.3, -0.25) is 4.79 Å². The zero-order valence-electron chi connectivity index (χ0n) is 12.3. The van der Waals surface area contributed by atoms with Gasteiger partial charge in [0, 0.05) is 0 Å². The van der Waals surface area contributed by atoms with E-state index in [2.05, 4.69) is 15.5 Å². The summed E-state index contributed by atoms with van der Waals surface area (Å²) in [5.41, 5.74) is -0.974. The van der Waals surface area contributed by atoms with Crippen LogP contribution in [0, 0.1) is 0 Å². The molecule has 0 atom stereocenters. The molecule has 2 aromatic carbocycles. The Bertz CT molecular complexity index is 925. The third-order valence-corrected chi connectivity index (χ3v) is 3.53. The van der Waals surface area contributed by atoms with Crippen LogP contribution in [0.15, 0.2) is 52.9 Å². The summed E-state index contributed by atoms with van der Waals surface area (Å²) < 4.78 is 44.1. The second kappa shape index (κ2) is 6.56. The van der Waals surface area contributed by atoms with Crippen molar-refractivity contribution in [1.82, 2.24) is 10.2 Å². The minimum Gasteiger partial charge on any atom is -0.412 e. The summed E-state index contributed by atoms with van der Waals surface area (Å²) in [6.45, 7) is 0. The lowest BCUT2D eigenvalue weighted by Gasteiger charge is -2.12. The van der Waals surface area contributed by atoms with E-state index in [9.17, 15) is 18.0 Å². The molecule has 0 spiro atoms. The highest BCUT2D eigenvalue weighted by Gasteiger charge is 2.34. The summed E-state index contributed by atoms with van der Waals surface area (Å²) >= 11 is 5.99. The molecular formula is C16H9ClF3N3O2. The highest BCUT2D eigenvalue weighted by molar-refractivity contribution is 6.33. The van der Waals surface area contributed by atoms with Crippen molar-refractivity contribution in [2.45, 2.75) is 6.18 Å². The molecule has 128 valence electrons. The number of anilines is 1. The Morgan fingerprint density at radius 3 is 2.44 bits per heavy atom. The standard InChI is InChI=1S/C16H9ClF3N3O2/c17-11-7-3-1-5-9(11)14-22-23-15(25-14)13(24)21-12-8-4-2-6-10(12)16(18,19)20/h1-8H,(H,21,24). The molecule has 0 saturated carbocycles. The van der Waals surface area contributed by atoms with Crippen molar-refractivity contribution in [3.8, 4) is 11.5 Å². The number of para-hydroxylation sites is 1. The molecule has 25 heavy (non-hydrogen) atoms. The first-order chi connectivity index (χ1) is 11.9. The minimum absolute atomic E-state index is 0.0140. The van der Waals surface area contributed by atoms with Crippen molar-refractivity contribution in [3.05, 3.63) is 65.0 Å². The Labute approximate surface area is 144 Å². The molecule has 0 aliphatic heterocycles. The number of benzene rings is 2. The number of nitrogens with one attached hydrogen (secondary N) is 1. The van der Waals surface area contributed by atoms with Crippen molar-refractivity contribution < 1.29 is 22.4 Å². The van der Waals surface area contributed by atoms with Crippen molar-refractivity contribution in [2.24, 2.45) is 0 Å². The second-order valence-corrected chi connectivity index (χ2v) is 5.30. The lowest BCUT2D eigenvalue weighted by Crippen LogP contribution is -2.16. The number of hydrogen-bond donors (Lipinski definition) is 1. The zero-order valence-corrected chi connectivity index (χ0v) is 13.1. The SMILES string of the molecule is O=C(Nc1ccccc1C(F)(F)F)c1nnc(-c2ccccc2Cl)o1. The van der Waals surface area contributed by atoms with Crippen LogP contribution >= 0.6 is 11.6 Å². The van der Waals surface area contributed by atoms with Gasteiger partial charge in [0.2, 0.25) is 5.89 Å². The average molecular weight is 368 g/mol. The van der Waals surface area contributed by atoms with Crippen LogP contribution in [0.25, 0.3) is 11.5 Å². The lowest BCUT2D eigenvalue weighted by molar-refractivity contribution is -0.136. The molecule has 5 nitrogen and oxygen atoms in total. The lowest BCUT2D eigenvalue weighted by atomic mass is 10.1. The second-order valence-electron chi connectivity index (χ2n) is 4.89. The predicted molar refractivity (Wildman–Crippen MR) is 84.1 cm³/mol. The predicted octanol–water partition coefficient (Wildman–Crippen LogP) is 4.66. The Kier molecular flexibility index (Phi) is 4.45. The summed E-state index contributed by atoms with van der Waals surface area (Å²) in [4.78, 5) is 12.1. The van der Waals surface area contributed by atoms with E-state index in [0.29, 0.717) is 10.6 Å². The highest BCUT2D eigenvalue weighted by Crippen LogP contribution is 2.34. The van der Waals surface area contributed by atoms with Gasteiger partial charge in [0.1, 0.15) is 0 Å². The molecule has 1 heterocycles. The number of halogens is 4. The van der Waals surface area contributed by atoms with E-state index in [1.54, 1.807) is 24.3 Å². The number of carbonyl (C=O) groups is 1. The molecule has 0 bridgehead atoms. The van der Waals surface area contributed by atoms with Crippen LogP contribution in [0.4, 0.5) is 18.9 Å². The van der Waals surface area contributed by atoms with Crippen LogP contribution in [0.1, 0.15) is 16.2 Å². The van der Waals surface area contributed by atoms with Gasteiger partial charge in [0.25, 0.3) is 0 Å². The van der Waals surface area contributed by atoms with Gasteiger partial charge in [0.05, 0.1) is 21.8 Å². The molecule has 9 heteroatoms. The number of hydrogen-bond acceptors (Lipinski definition) is 4. The molecule has 0 saturated heterocycles. The summed E-state index contributed by atoms with van der Waals surface area (Å²) in [5, 5.41) is 9.71. The van der Waals surface area contributed by atoms with Crippen molar-refractivity contribution in [2.75, 3.05) is 5.32 Å². The maximum Gasteiger partial charge on any atom is 0.418 e. The van der Waals surface area contributed by atoms with Gasteiger partial charge < -0.3 is 9.73 Å². The van der Waals surface area contributed by atoms with Gasteiger partial charge in [-0.15, -0.1) is 10.2 Å². The fourth-order valence-electron chi connectivity index (χ4n) is 2.07. The first-order valence-corrected chi connectivity index (χ1v) is 7.30. The number of nitrogens with zero attached hydrogens (tertiary/aromatic N) is 2. The van der Waals surface area contributed by atoms with Gasteiger partial charge in [-0.1, -0.05) is 35.9 Å². The van der Waals surface area contributed by atoms with E-state index in [1.165, 1.54) is 12.1 Å². The van der Waals surface area contributed by atoms with Gasteiger partial charge in [-0.05, 0) is 24.3 Å². The topological polar surface area (TPSA) is 68.0 Å². The number of carbonyl (C=O) groups excluding carboxylic acids is 1. The monoisotopic (exact) mass is 367 g/mol. The number of alkyl halides is 3. The first-order valence-electron chi connectivity index (χ1n) is 6.92.